The summed E-state index contributed by atoms with van der Waals surface area (Å²) in [5.41, 5.74) is 1.33. The molecule has 2 aromatic heterocycles. The predicted octanol–water partition coefficient (Wildman–Crippen LogP) is 3.50. The van der Waals surface area contributed by atoms with Crippen molar-refractivity contribution < 1.29 is 9.18 Å². The molecule has 0 aliphatic rings. The van der Waals surface area contributed by atoms with Gasteiger partial charge in [0.15, 0.2) is 5.16 Å². The summed E-state index contributed by atoms with van der Waals surface area (Å²) in [6.07, 6.45) is 0. The quantitative estimate of drug-likeness (QED) is 0.482. The first-order valence-electron chi connectivity index (χ1n) is 8.36. The Balaban J connectivity index is 1.74. The molecule has 0 aliphatic heterocycles. The van der Waals surface area contributed by atoms with Gasteiger partial charge in [-0.2, -0.15) is 0 Å². The molecule has 0 atom stereocenters. The molecule has 3 rings (SSSR count). The van der Waals surface area contributed by atoms with Gasteiger partial charge in [0.1, 0.15) is 10.6 Å². The van der Waals surface area contributed by atoms with E-state index in [1.54, 1.807) is 32.3 Å². The van der Waals surface area contributed by atoms with Crippen molar-refractivity contribution in [3.05, 3.63) is 56.4 Å². The van der Waals surface area contributed by atoms with Gasteiger partial charge in [-0.15, -0.1) is 11.3 Å². The number of benzene rings is 1. The van der Waals surface area contributed by atoms with E-state index in [2.05, 4.69) is 4.98 Å². The Morgan fingerprint density at radius 1 is 1.33 bits per heavy atom. The van der Waals surface area contributed by atoms with Gasteiger partial charge >= 0.3 is 0 Å². The molecule has 0 saturated heterocycles. The first-order chi connectivity index (χ1) is 12.8. The topological polar surface area (TPSA) is 55.2 Å². The normalized spacial score (nSPS) is 11.1. The van der Waals surface area contributed by atoms with Crippen LogP contribution in [0, 0.1) is 19.7 Å². The van der Waals surface area contributed by atoms with Crippen molar-refractivity contribution in [3.63, 3.8) is 0 Å². The molecule has 8 heteroatoms. The number of carbonyl (C=O) groups excluding carboxylic acids is 1. The van der Waals surface area contributed by atoms with Crippen molar-refractivity contribution >= 4 is 39.2 Å². The summed E-state index contributed by atoms with van der Waals surface area (Å²) in [6.45, 7) is 4.08. The molecule has 1 aromatic carbocycles. The van der Waals surface area contributed by atoms with Gasteiger partial charge in [-0.3, -0.25) is 14.2 Å². The number of carbonyl (C=O) groups is 1. The van der Waals surface area contributed by atoms with E-state index in [1.807, 2.05) is 13.8 Å². The third kappa shape index (κ3) is 3.91. The Hall–Kier alpha value is -2.19. The average molecular weight is 406 g/mol. The van der Waals surface area contributed by atoms with Gasteiger partial charge < -0.3 is 4.90 Å². The minimum atomic E-state index is -0.331. The monoisotopic (exact) mass is 405 g/mol. The van der Waals surface area contributed by atoms with Crippen molar-refractivity contribution in [1.82, 2.24) is 14.5 Å². The molecule has 0 radical (unpaired) electrons. The summed E-state index contributed by atoms with van der Waals surface area (Å²) >= 11 is 2.70. The molecule has 5 nitrogen and oxygen atoms in total. The largest absolute Gasteiger partial charge is 0.341 e. The van der Waals surface area contributed by atoms with Crippen molar-refractivity contribution in [3.8, 4) is 0 Å². The van der Waals surface area contributed by atoms with Crippen molar-refractivity contribution in [1.29, 1.82) is 0 Å². The molecule has 0 unspecified atom stereocenters. The second-order valence-corrected chi connectivity index (χ2v) is 8.50. The SMILES string of the molecule is Cc1sc2nc(SCC(=O)N(C)Cc3ccccc3F)n(C)c(=O)c2c1C. The van der Waals surface area contributed by atoms with Crippen LogP contribution in [0.5, 0.6) is 0 Å². The van der Waals surface area contributed by atoms with E-state index in [0.717, 1.165) is 10.4 Å². The molecule has 1 amide bonds. The van der Waals surface area contributed by atoms with E-state index in [4.69, 9.17) is 0 Å². The number of hydrogen-bond acceptors (Lipinski definition) is 5. The van der Waals surface area contributed by atoms with Gasteiger partial charge in [-0.05, 0) is 25.5 Å². The zero-order valence-electron chi connectivity index (χ0n) is 15.6. The maximum absolute atomic E-state index is 13.8. The van der Waals surface area contributed by atoms with E-state index in [-0.39, 0.29) is 29.6 Å². The molecule has 2 heterocycles. The molecule has 0 saturated carbocycles. The molecule has 0 N–H and O–H groups in total. The van der Waals surface area contributed by atoms with Crippen LogP contribution in [0.1, 0.15) is 16.0 Å². The van der Waals surface area contributed by atoms with Crippen molar-refractivity contribution in [2.24, 2.45) is 7.05 Å². The Kier molecular flexibility index (Phi) is 5.67. The molecule has 0 fully saturated rings. The summed E-state index contributed by atoms with van der Waals surface area (Å²) in [4.78, 5) is 32.8. The van der Waals surface area contributed by atoms with Crippen LogP contribution >= 0.6 is 23.1 Å². The van der Waals surface area contributed by atoms with E-state index >= 15 is 0 Å². The second-order valence-electron chi connectivity index (χ2n) is 6.35. The number of aromatic nitrogens is 2. The van der Waals surface area contributed by atoms with E-state index in [1.165, 1.54) is 38.6 Å². The molecule has 0 bridgehead atoms. The van der Waals surface area contributed by atoms with E-state index < -0.39 is 0 Å². The Bertz CT molecular complexity index is 1070. The minimum absolute atomic E-state index is 0.100. The maximum atomic E-state index is 13.8. The summed E-state index contributed by atoms with van der Waals surface area (Å²) in [7, 11) is 3.30. The molecule has 142 valence electrons. The number of hydrogen-bond donors (Lipinski definition) is 0. The summed E-state index contributed by atoms with van der Waals surface area (Å²) in [5, 5.41) is 1.15. The minimum Gasteiger partial charge on any atom is -0.341 e. The lowest BCUT2D eigenvalue weighted by Gasteiger charge is -2.17. The number of nitrogens with zero attached hydrogens (tertiary/aromatic N) is 3. The van der Waals surface area contributed by atoms with Gasteiger partial charge in [-0.1, -0.05) is 30.0 Å². The number of rotatable bonds is 5. The number of halogens is 1. The standard InChI is InChI=1S/C19H20FN3O2S2/c1-11-12(2)27-17-16(11)18(25)23(4)19(21-17)26-10-15(24)22(3)9-13-7-5-6-8-14(13)20/h5-8H,9-10H2,1-4H3. The molecule has 27 heavy (non-hydrogen) atoms. The Morgan fingerprint density at radius 2 is 2.04 bits per heavy atom. The van der Waals surface area contributed by atoms with Crippen molar-refractivity contribution in [2.75, 3.05) is 12.8 Å². The van der Waals surface area contributed by atoms with Gasteiger partial charge in [-0.25, -0.2) is 9.37 Å². The summed E-state index contributed by atoms with van der Waals surface area (Å²) < 4.78 is 15.2. The van der Waals surface area contributed by atoms with Crippen LogP contribution in [0.15, 0.2) is 34.2 Å². The summed E-state index contributed by atoms with van der Waals surface area (Å²) in [6, 6.07) is 6.40. The van der Waals surface area contributed by atoms with E-state index in [0.29, 0.717) is 20.9 Å². The lowest BCUT2D eigenvalue weighted by Crippen LogP contribution is -2.28. The number of amides is 1. The van der Waals surface area contributed by atoms with Gasteiger partial charge in [0.25, 0.3) is 5.56 Å². The zero-order chi connectivity index (χ0) is 19.7. The lowest BCUT2D eigenvalue weighted by molar-refractivity contribution is -0.127. The van der Waals surface area contributed by atoms with Crippen LogP contribution in [-0.4, -0.2) is 33.2 Å². The predicted molar refractivity (Wildman–Crippen MR) is 108 cm³/mol. The van der Waals surface area contributed by atoms with Crippen molar-refractivity contribution in [2.45, 2.75) is 25.5 Å². The third-order valence-electron chi connectivity index (χ3n) is 4.49. The highest BCUT2D eigenvalue weighted by atomic mass is 32.2. The first-order valence-corrected chi connectivity index (χ1v) is 10.2. The number of aryl methyl sites for hydroxylation is 2. The van der Waals surface area contributed by atoms with Crippen LogP contribution in [0.2, 0.25) is 0 Å². The molecule has 0 spiro atoms. The number of thiophene rings is 1. The Morgan fingerprint density at radius 3 is 2.74 bits per heavy atom. The fourth-order valence-corrected chi connectivity index (χ4v) is 4.67. The average Bonchev–Trinajstić information content (AvgIpc) is 2.92. The van der Waals surface area contributed by atoms with Gasteiger partial charge in [0, 0.05) is 31.1 Å². The third-order valence-corrected chi connectivity index (χ3v) is 6.60. The fraction of sp³-hybridized carbons (Fsp3) is 0.316. The van der Waals surface area contributed by atoms with Crippen LogP contribution in [0.25, 0.3) is 10.2 Å². The van der Waals surface area contributed by atoms with Crippen LogP contribution in [0.3, 0.4) is 0 Å². The smallest absolute Gasteiger partial charge is 0.262 e. The fourth-order valence-electron chi connectivity index (χ4n) is 2.69. The summed E-state index contributed by atoms with van der Waals surface area (Å²) in [5.74, 6) is -0.362. The van der Waals surface area contributed by atoms with Crippen LogP contribution < -0.4 is 5.56 Å². The molecular weight excluding hydrogens is 385 g/mol. The number of fused-ring (bicyclic) bond motifs is 1. The maximum Gasteiger partial charge on any atom is 0.262 e. The highest BCUT2D eigenvalue weighted by Crippen LogP contribution is 2.28. The first kappa shape index (κ1) is 19.6. The molecule has 3 aromatic rings. The second kappa shape index (κ2) is 7.82. The molecule has 0 aliphatic carbocycles. The lowest BCUT2D eigenvalue weighted by atomic mass is 10.2. The van der Waals surface area contributed by atoms with Crippen LogP contribution in [0.4, 0.5) is 4.39 Å². The highest BCUT2D eigenvalue weighted by molar-refractivity contribution is 7.99. The Labute approximate surface area is 164 Å². The van der Waals surface area contributed by atoms with Gasteiger partial charge in [0.05, 0.1) is 11.1 Å². The highest BCUT2D eigenvalue weighted by Gasteiger charge is 2.17. The zero-order valence-corrected chi connectivity index (χ0v) is 17.2. The number of thioether (sulfide) groups is 1. The molecular formula is C19H20FN3O2S2. The van der Waals surface area contributed by atoms with Gasteiger partial charge in [0.2, 0.25) is 5.91 Å². The van der Waals surface area contributed by atoms with Crippen LogP contribution in [-0.2, 0) is 18.4 Å². The van der Waals surface area contributed by atoms with E-state index in [9.17, 15) is 14.0 Å².